The van der Waals surface area contributed by atoms with E-state index in [1.54, 1.807) is 23.9 Å². The summed E-state index contributed by atoms with van der Waals surface area (Å²) < 4.78 is 5.36. The smallest absolute Gasteiger partial charge is 0.258 e. The lowest BCUT2D eigenvalue weighted by Gasteiger charge is -2.14. The third-order valence-electron chi connectivity index (χ3n) is 2.44. The van der Waals surface area contributed by atoms with Gasteiger partial charge in [0.2, 0.25) is 0 Å². The number of nitrogens with one attached hydrogen (secondary N) is 1. The van der Waals surface area contributed by atoms with E-state index < -0.39 is 0 Å². The van der Waals surface area contributed by atoms with Crippen molar-refractivity contribution in [2.75, 3.05) is 24.3 Å². The zero-order valence-corrected chi connectivity index (χ0v) is 11.6. The van der Waals surface area contributed by atoms with Gasteiger partial charge >= 0.3 is 0 Å². The number of hydrogen-bond donors (Lipinski definition) is 2. The Morgan fingerprint density at radius 2 is 2.22 bits per heavy atom. The summed E-state index contributed by atoms with van der Waals surface area (Å²) in [4.78, 5) is 11.6. The lowest BCUT2D eigenvalue weighted by atomic mass is 10.2. The van der Waals surface area contributed by atoms with Crippen LogP contribution in [0.15, 0.2) is 24.3 Å². The molecule has 1 unspecified atom stereocenters. The predicted octanol–water partition coefficient (Wildman–Crippen LogP) is 1.91. The molecular weight excluding hydrogens is 248 g/mol. The number of rotatable bonds is 7. The Hall–Kier alpha value is -1.36. The number of benzene rings is 1. The first-order valence-electron chi connectivity index (χ1n) is 5.89. The Bertz CT molecular complexity index is 385. The van der Waals surface area contributed by atoms with Gasteiger partial charge < -0.3 is 15.8 Å². The number of nitrogen functional groups attached to an aromatic ring is 1. The zero-order valence-electron chi connectivity index (χ0n) is 10.8. The van der Waals surface area contributed by atoms with Crippen molar-refractivity contribution in [3.05, 3.63) is 24.3 Å². The Balaban J connectivity index is 2.31. The van der Waals surface area contributed by atoms with Crippen LogP contribution in [0.25, 0.3) is 0 Å². The molecule has 1 aromatic rings. The third-order valence-corrected chi connectivity index (χ3v) is 3.08. The molecule has 0 fully saturated rings. The van der Waals surface area contributed by atoms with Gasteiger partial charge in [0.05, 0.1) is 5.69 Å². The quantitative estimate of drug-likeness (QED) is 0.741. The second kappa shape index (κ2) is 7.87. The van der Waals surface area contributed by atoms with Crippen LogP contribution in [-0.4, -0.2) is 30.6 Å². The minimum absolute atomic E-state index is 0.00216. The van der Waals surface area contributed by atoms with Crippen molar-refractivity contribution < 1.29 is 9.53 Å². The number of para-hydroxylation sites is 2. The molecule has 0 aromatic heterocycles. The number of ether oxygens (including phenoxy) is 1. The molecule has 1 rings (SSSR count). The fourth-order valence-electron chi connectivity index (χ4n) is 1.44. The van der Waals surface area contributed by atoms with E-state index in [0.29, 0.717) is 11.4 Å². The summed E-state index contributed by atoms with van der Waals surface area (Å²) >= 11 is 1.77. The molecule has 0 heterocycles. The van der Waals surface area contributed by atoms with Crippen LogP contribution < -0.4 is 15.8 Å². The highest BCUT2D eigenvalue weighted by atomic mass is 32.2. The molecular formula is C13H20N2O2S. The molecule has 0 aliphatic carbocycles. The molecule has 18 heavy (non-hydrogen) atoms. The number of amides is 1. The largest absolute Gasteiger partial charge is 0.482 e. The van der Waals surface area contributed by atoms with Gasteiger partial charge in [0.15, 0.2) is 6.61 Å². The molecule has 4 nitrogen and oxygen atoms in total. The van der Waals surface area contributed by atoms with Crippen molar-refractivity contribution in [3.63, 3.8) is 0 Å². The lowest BCUT2D eigenvalue weighted by Crippen LogP contribution is -2.36. The van der Waals surface area contributed by atoms with Crippen LogP contribution in [0.4, 0.5) is 5.69 Å². The van der Waals surface area contributed by atoms with Gasteiger partial charge in [-0.05, 0) is 37.5 Å². The normalized spacial score (nSPS) is 11.9. The predicted molar refractivity (Wildman–Crippen MR) is 77.0 cm³/mol. The highest BCUT2D eigenvalue weighted by Crippen LogP contribution is 2.19. The summed E-state index contributed by atoms with van der Waals surface area (Å²) in [5, 5.41) is 2.89. The van der Waals surface area contributed by atoms with Gasteiger partial charge in [0.25, 0.3) is 5.91 Å². The van der Waals surface area contributed by atoms with E-state index in [9.17, 15) is 4.79 Å². The molecule has 5 heteroatoms. The summed E-state index contributed by atoms with van der Waals surface area (Å²) in [6.07, 6.45) is 3.01. The third kappa shape index (κ3) is 5.31. The topological polar surface area (TPSA) is 64.3 Å². The van der Waals surface area contributed by atoms with Gasteiger partial charge in [-0.1, -0.05) is 12.1 Å². The molecule has 1 amide bonds. The number of anilines is 1. The van der Waals surface area contributed by atoms with E-state index in [0.717, 1.165) is 12.2 Å². The minimum atomic E-state index is -0.119. The van der Waals surface area contributed by atoms with Crippen LogP contribution in [0.5, 0.6) is 5.75 Å². The summed E-state index contributed by atoms with van der Waals surface area (Å²) in [6.45, 7) is 1.99. The maximum absolute atomic E-state index is 11.6. The average Bonchev–Trinajstić information content (AvgIpc) is 2.35. The first kappa shape index (κ1) is 14.7. The van der Waals surface area contributed by atoms with Crippen LogP contribution in [0.3, 0.4) is 0 Å². The lowest BCUT2D eigenvalue weighted by molar-refractivity contribution is -0.123. The Labute approximate surface area is 112 Å². The first-order valence-corrected chi connectivity index (χ1v) is 7.28. The number of carbonyl (C=O) groups is 1. The minimum Gasteiger partial charge on any atom is -0.482 e. The molecule has 0 saturated heterocycles. The fourth-order valence-corrected chi connectivity index (χ4v) is 2.03. The van der Waals surface area contributed by atoms with Crippen molar-refractivity contribution in [2.45, 2.75) is 19.4 Å². The molecule has 0 aliphatic heterocycles. The highest BCUT2D eigenvalue weighted by Gasteiger charge is 2.08. The van der Waals surface area contributed by atoms with Crippen LogP contribution in [-0.2, 0) is 4.79 Å². The maximum atomic E-state index is 11.6. The van der Waals surface area contributed by atoms with Crippen molar-refractivity contribution in [2.24, 2.45) is 0 Å². The SMILES string of the molecule is CSCCC(C)NC(=O)COc1ccccc1N. The molecule has 1 aromatic carbocycles. The second-order valence-corrected chi connectivity index (χ2v) is 5.06. The van der Waals surface area contributed by atoms with Gasteiger partial charge in [-0.25, -0.2) is 0 Å². The summed E-state index contributed by atoms with van der Waals surface area (Å²) in [7, 11) is 0. The summed E-state index contributed by atoms with van der Waals surface area (Å²) in [5.41, 5.74) is 6.26. The molecule has 3 N–H and O–H groups in total. The number of thioether (sulfide) groups is 1. The summed E-state index contributed by atoms with van der Waals surface area (Å²) in [5.74, 6) is 1.46. The Morgan fingerprint density at radius 1 is 1.50 bits per heavy atom. The van der Waals surface area contributed by atoms with Gasteiger partial charge in [-0.2, -0.15) is 11.8 Å². The molecule has 0 spiro atoms. The standard InChI is InChI=1S/C13H20N2O2S/c1-10(7-8-18-2)15-13(16)9-17-12-6-4-3-5-11(12)14/h3-6,10H,7-9,14H2,1-2H3,(H,15,16). The van der Waals surface area contributed by atoms with E-state index in [2.05, 4.69) is 11.6 Å². The zero-order chi connectivity index (χ0) is 13.4. The van der Waals surface area contributed by atoms with E-state index in [4.69, 9.17) is 10.5 Å². The highest BCUT2D eigenvalue weighted by molar-refractivity contribution is 7.98. The summed E-state index contributed by atoms with van der Waals surface area (Å²) in [6, 6.07) is 7.31. The monoisotopic (exact) mass is 268 g/mol. The van der Waals surface area contributed by atoms with E-state index >= 15 is 0 Å². The van der Waals surface area contributed by atoms with Crippen LogP contribution in [0.2, 0.25) is 0 Å². The number of carbonyl (C=O) groups excluding carboxylic acids is 1. The van der Waals surface area contributed by atoms with Crippen LogP contribution in [0.1, 0.15) is 13.3 Å². The molecule has 100 valence electrons. The second-order valence-electron chi connectivity index (χ2n) is 4.08. The average molecular weight is 268 g/mol. The van der Waals surface area contributed by atoms with Gasteiger partial charge in [-0.15, -0.1) is 0 Å². The van der Waals surface area contributed by atoms with E-state index in [1.807, 2.05) is 19.1 Å². The maximum Gasteiger partial charge on any atom is 0.258 e. The van der Waals surface area contributed by atoms with Crippen molar-refractivity contribution >= 4 is 23.4 Å². The Morgan fingerprint density at radius 3 is 2.89 bits per heavy atom. The van der Waals surface area contributed by atoms with Crippen molar-refractivity contribution in [3.8, 4) is 5.75 Å². The van der Waals surface area contributed by atoms with Gasteiger partial charge in [0.1, 0.15) is 5.75 Å². The van der Waals surface area contributed by atoms with Gasteiger partial charge in [0, 0.05) is 6.04 Å². The molecule has 0 aliphatic rings. The molecule has 0 saturated carbocycles. The Kier molecular flexibility index (Phi) is 6.43. The molecule has 0 radical (unpaired) electrons. The van der Waals surface area contributed by atoms with Crippen LogP contribution >= 0.6 is 11.8 Å². The van der Waals surface area contributed by atoms with Crippen molar-refractivity contribution in [1.29, 1.82) is 0 Å². The van der Waals surface area contributed by atoms with Crippen molar-refractivity contribution in [1.82, 2.24) is 5.32 Å². The first-order chi connectivity index (χ1) is 8.63. The molecule has 0 bridgehead atoms. The molecule has 1 atom stereocenters. The number of nitrogens with two attached hydrogens (primary N) is 1. The van der Waals surface area contributed by atoms with E-state index in [-0.39, 0.29) is 18.6 Å². The van der Waals surface area contributed by atoms with Crippen LogP contribution in [0, 0.1) is 0 Å². The van der Waals surface area contributed by atoms with E-state index in [1.165, 1.54) is 0 Å². The van der Waals surface area contributed by atoms with Gasteiger partial charge in [-0.3, -0.25) is 4.79 Å². The fraction of sp³-hybridized carbons (Fsp3) is 0.462. The number of hydrogen-bond acceptors (Lipinski definition) is 4.